The molecule has 0 aliphatic rings. The van der Waals surface area contributed by atoms with Crippen LogP contribution in [0.3, 0.4) is 0 Å². The molecule has 58 valence electrons. The number of hydrogen-bond acceptors (Lipinski definition) is 2. The van der Waals surface area contributed by atoms with Crippen molar-refractivity contribution in [3.63, 3.8) is 0 Å². The lowest BCUT2D eigenvalue weighted by Crippen LogP contribution is -1.79. The highest BCUT2D eigenvalue weighted by Gasteiger charge is 1.96. The zero-order chi connectivity index (χ0) is 8.27. The second-order valence-electron chi connectivity index (χ2n) is 2.45. The fourth-order valence-corrected chi connectivity index (χ4v) is 1.48. The maximum absolute atomic E-state index is 4.01. The summed E-state index contributed by atoms with van der Waals surface area (Å²) in [5.74, 6) is 0. The highest BCUT2D eigenvalue weighted by molar-refractivity contribution is 8.03. The maximum Gasteiger partial charge on any atom is 0.0308 e. The third-order valence-electron chi connectivity index (χ3n) is 1.25. The van der Waals surface area contributed by atoms with E-state index in [9.17, 15) is 0 Å². The second kappa shape index (κ2) is 3.58. The maximum atomic E-state index is 4.01. The molecule has 0 amide bonds. The smallest absolute Gasteiger partial charge is 0.0308 e. The Balaban J connectivity index is 2.86. The van der Waals surface area contributed by atoms with E-state index < -0.39 is 0 Å². The summed E-state index contributed by atoms with van der Waals surface area (Å²) in [6.07, 6.45) is 3.67. The minimum absolute atomic E-state index is 1.11. The van der Waals surface area contributed by atoms with Crippen molar-refractivity contribution in [3.8, 4) is 0 Å². The average Bonchev–Trinajstić information content (AvgIpc) is 1.93. The van der Waals surface area contributed by atoms with Crippen LogP contribution in [0.2, 0.25) is 0 Å². The van der Waals surface area contributed by atoms with Gasteiger partial charge in [0.05, 0.1) is 0 Å². The average molecular weight is 165 g/mol. The van der Waals surface area contributed by atoms with Crippen molar-refractivity contribution in [2.75, 3.05) is 0 Å². The van der Waals surface area contributed by atoms with Crippen LogP contribution in [0.25, 0.3) is 0 Å². The van der Waals surface area contributed by atoms with Gasteiger partial charge < -0.3 is 0 Å². The molecule has 0 saturated heterocycles. The van der Waals surface area contributed by atoms with Gasteiger partial charge in [0.1, 0.15) is 0 Å². The monoisotopic (exact) mass is 165 g/mol. The normalized spacial score (nSPS) is 9.64. The topological polar surface area (TPSA) is 12.9 Å². The van der Waals surface area contributed by atoms with E-state index in [1.807, 2.05) is 19.2 Å². The molecule has 0 fully saturated rings. The summed E-state index contributed by atoms with van der Waals surface area (Å²) < 4.78 is 0. The fourth-order valence-electron chi connectivity index (χ4n) is 0.763. The van der Waals surface area contributed by atoms with E-state index >= 15 is 0 Å². The van der Waals surface area contributed by atoms with Crippen molar-refractivity contribution in [3.05, 3.63) is 35.5 Å². The summed E-state index contributed by atoms with van der Waals surface area (Å²) in [6, 6.07) is 2.01. The molecule has 1 aromatic heterocycles. The van der Waals surface area contributed by atoms with E-state index in [1.54, 1.807) is 18.0 Å². The molecule has 0 N–H and O–H groups in total. The first-order chi connectivity index (χ1) is 5.20. The summed E-state index contributed by atoms with van der Waals surface area (Å²) in [5.41, 5.74) is 1.21. The van der Waals surface area contributed by atoms with Crippen molar-refractivity contribution >= 4 is 11.8 Å². The molecule has 1 heterocycles. The standard InChI is InChI=1S/C9H11NS/c1-7(2)11-9-4-5-10-6-8(9)3/h4-6H,1H2,2-3H3. The van der Waals surface area contributed by atoms with Gasteiger partial charge in [-0.1, -0.05) is 18.3 Å². The Hall–Kier alpha value is -0.760. The summed E-state index contributed by atoms with van der Waals surface area (Å²) >= 11 is 1.69. The molecule has 1 nitrogen and oxygen atoms in total. The third kappa shape index (κ3) is 2.39. The van der Waals surface area contributed by atoms with Gasteiger partial charge in [-0.05, 0) is 30.4 Å². The van der Waals surface area contributed by atoms with E-state index in [4.69, 9.17) is 0 Å². The van der Waals surface area contributed by atoms with E-state index in [-0.39, 0.29) is 0 Å². The van der Waals surface area contributed by atoms with E-state index in [0.717, 1.165) is 4.91 Å². The summed E-state index contributed by atoms with van der Waals surface area (Å²) in [5, 5.41) is 0. The second-order valence-corrected chi connectivity index (χ2v) is 3.79. The Labute approximate surface area is 71.5 Å². The van der Waals surface area contributed by atoms with Crippen LogP contribution in [-0.2, 0) is 0 Å². The molecule has 0 aliphatic carbocycles. The minimum Gasteiger partial charge on any atom is -0.264 e. The van der Waals surface area contributed by atoms with E-state index in [0.29, 0.717) is 0 Å². The largest absolute Gasteiger partial charge is 0.264 e. The predicted molar refractivity (Wildman–Crippen MR) is 49.6 cm³/mol. The quantitative estimate of drug-likeness (QED) is 0.625. The Morgan fingerprint density at radius 2 is 2.36 bits per heavy atom. The number of hydrogen-bond donors (Lipinski definition) is 0. The van der Waals surface area contributed by atoms with Gasteiger partial charge in [-0.25, -0.2) is 0 Å². The SMILES string of the molecule is C=C(C)Sc1ccncc1C. The molecule has 11 heavy (non-hydrogen) atoms. The van der Waals surface area contributed by atoms with Crippen molar-refractivity contribution in [1.82, 2.24) is 4.98 Å². The van der Waals surface area contributed by atoms with Gasteiger partial charge >= 0.3 is 0 Å². The van der Waals surface area contributed by atoms with Crippen LogP contribution < -0.4 is 0 Å². The van der Waals surface area contributed by atoms with Crippen LogP contribution in [0.1, 0.15) is 12.5 Å². The first-order valence-corrected chi connectivity index (χ1v) is 4.26. The van der Waals surface area contributed by atoms with Crippen molar-refractivity contribution < 1.29 is 0 Å². The van der Waals surface area contributed by atoms with Crippen LogP contribution in [0, 0.1) is 6.92 Å². The molecule has 0 aromatic carbocycles. The number of aromatic nitrogens is 1. The van der Waals surface area contributed by atoms with Crippen molar-refractivity contribution in [2.24, 2.45) is 0 Å². The van der Waals surface area contributed by atoms with Crippen molar-refractivity contribution in [1.29, 1.82) is 0 Å². The van der Waals surface area contributed by atoms with Crippen LogP contribution in [0.4, 0.5) is 0 Å². The third-order valence-corrected chi connectivity index (χ3v) is 2.28. The molecular formula is C9H11NS. The predicted octanol–water partition coefficient (Wildman–Crippen LogP) is 3.02. The highest BCUT2D eigenvalue weighted by atomic mass is 32.2. The lowest BCUT2D eigenvalue weighted by atomic mass is 10.3. The molecular weight excluding hydrogens is 154 g/mol. The van der Waals surface area contributed by atoms with Gasteiger partial charge in [0.2, 0.25) is 0 Å². The molecule has 2 heteroatoms. The van der Waals surface area contributed by atoms with Crippen LogP contribution in [-0.4, -0.2) is 4.98 Å². The number of allylic oxidation sites excluding steroid dienone is 1. The summed E-state index contributed by atoms with van der Waals surface area (Å²) in [7, 11) is 0. The summed E-state index contributed by atoms with van der Waals surface area (Å²) in [6.45, 7) is 7.89. The van der Waals surface area contributed by atoms with Crippen molar-refractivity contribution in [2.45, 2.75) is 18.7 Å². The van der Waals surface area contributed by atoms with Crippen LogP contribution >= 0.6 is 11.8 Å². The lowest BCUT2D eigenvalue weighted by Gasteiger charge is -2.01. The number of aryl methyl sites for hydroxylation is 1. The number of rotatable bonds is 2. The first kappa shape index (κ1) is 8.34. The Bertz CT molecular complexity index is 268. The molecule has 1 aromatic rings. The Kier molecular flexibility index (Phi) is 2.71. The molecule has 0 saturated carbocycles. The van der Waals surface area contributed by atoms with Gasteiger partial charge in [-0.2, -0.15) is 0 Å². The van der Waals surface area contributed by atoms with E-state index in [2.05, 4.69) is 18.5 Å². The minimum atomic E-state index is 1.11. The molecule has 0 radical (unpaired) electrons. The zero-order valence-corrected chi connectivity index (χ0v) is 7.61. The number of thioether (sulfide) groups is 1. The van der Waals surface area contributed by atoms with Gasteiger partial charge in [0.15, 0.2) is 0 Å². The highest BCUT2D eigenvalue weighted by Crippen LogP contribution is 2.26. The lowest BCUT2D eigenvalue weighted by molar-refractivity contribution is 1.18. The van der Waals surface area contributed by atoms with E-state index in [1.165, 1.54) is 10.5 Å². The fraction of sp³-hybridized carbons (Fsp3) is 0.222. The Morgan fingerprint density at radius 1 is 1.64 bits per heavy atom. The molecule has 0 bridgehead atoms. The molecule has 0 aliphatic heterocycles. The van der Waals surface area contributed by atoms with Crippen LogP contribution in [0.15, 0.2) is 34.8 Å². The molecule has 1 rings (SSSR count). The Morgan fingerprint density at radius 3 is 2.91 bits per heavy atom. The van der Waals surface area contributed by atoms with Gasteiger partial charge in [-0.15, -0.1) is 0 Å². The van der Waals surface area contributed by atoms with Gasteiger partial charge in [-0.3, -0.25) is 4.98 Å². The zero-order valence-electron chi connectivity index (χ0n) is 6.79. The molecule has 0 spiro atoms. The molecule has 0 atom stereocenters. The van der Waals surface area contributed by atoms with Crippen LogP contribution in [0.5, 0.6) is 0 Å². The number of nitrogens with zero attached hydrogens (tertiary/aromatic N) is 1. The van der Waals surface area contributed by atoms with Gasteiger partial charge in [0.25, 0.3) is 0 Å². The first-order valence-electron chi connectivity index (χ1n) is 3.44. The summed E-state index contributed by atoms with van der Waals surface area (Å²) in [4.78, 5) is 6.36. The molecule has 0 unspecified atom stereocenters. The van der Waals surface area contributed by atoms with Gasteiger partial charge in [0, 0.05) is 17.3 Å². The number of pyridine rings is 1.